The first kappa shape index (κ1) is 26.1. The second kappa shape index (κ2) is 10.2. The van der Waals surface area contributed by atoms with E-state index in [9.17, 15) is 29.4 Å². The molecule has 37 heavy (non-hydrogen) atoms. The van der Waals surface area contributed by atoms with Gasteiger partial charge in [-0.3, -0.25) is 9.59 Å². The summed E-state index contributed by atoms with van der Waals surface area (Å²) in [5.74, 6) is -3.93. The third kappa shape index (κ3) is 5.27. The highest BCUT2D eigenvalue weighted by Crippen LogP contribution is 2.40. The van der Waals surface area contributed by atoms with Gasteiger partial charge in [-0.05, 0) is 19.3 Å². The lowest BCUT2D eigenvalue weighted by Gasteiger charge is -2.51. The molecule has 0 bridgehead atoms. The topological polar surface area (TPSA) is 188 Å². The minimum Gasteiger partial charge on any atom is -0.479 e. The van der Waals surface area contributed by atoms with Crippen LogP contribution in [0.1, 0.15) is 19.5 Å². The molecule has 0 saturated carbocycles. The minimum absolute atomic E-state index is 0.0339. The predicted octanol–water partition coefficient (Wildman–Crippen LogP) is 0.0339. The number of oxime groups is 1. The van der Waals surface area contributed by atoms with Gasteiger partial charge in [0.05, 0.1) is 0 Å². The zero-order valence-electron chi connectivity index (χ0n) is 19.6. The summed E-state index contributed by atoms with van der Waals surface area (Å²) in [7, 11) is 0. The number of carboxylic acids is 2. The number of aliphatic carboxylic acids is 2. The van der Waals surface area contributed by atoms with E-state index in [1.54, 1.807) is 22.4 Å². The Balaban J connectivity index is 1.54. The number of nitrogen functional groups attached to an aromatic ring is 1. The van der Waals surface area contributed by atoms with Crippen LogP contribution in [0.2, 0.25) is 0 Å². The van der Waals surface area contributed by atoms with Crippen LogP contribution < -0.4 is 15.6 Å². The molecule has 0 aliphatic carbocycles. The van der Waals surface area contributed by atoms with Gasteiger partial charge in [0.1, 0.15) is 17.1 Å². The molecule has 0 spiro atoms. The molecule has 2 amide bonds. The number of fused-ring (bicyclic) bond motifs is 1. The van der Waals surface area contributed by atoms with E-state index >= 15 is 0 Å². The number of amides is 2. The number of anilines is 1. The van der Waals surface area contributed by atoms with Gasteiger partial charge in [-0.2, -0.15) is 0 Å². The normalized spacial score (nSPS) is 21.4. The van der Waals surface area contributed by atoms with Gasteiger partial charge in [0, 0.05) is 23.1 Å². The predicted molar refractivity (Wildman–Crippen MR) is 132 cm³/mol. The summed E-state index contributed by atoms with van der Waals surface area (Å²) >= 11 is 2.25. The van der Waals surface area contributed by atoms with Crippen molar-refractivity contribution in [2.75, 3.05) is 5.73 Å². The van der Waals surface area contributed by atoms with Crippen LogP contribution in [0.15, 0.2) is 52.1 Å². The molecule has 0 radical (unpaired) electrons. The van der Waals surface area contributed by atoms with E-state index < -0.39 is 46.8 Å². The van der Waals surface area contributed by atoms with Crippen LogP contribution in [0, 0.1) is 0 Å². The molecule has 15 heteroatoms. The first-order chi connectivity index (χ1) is 17.5. The van der Waals surface area contributed by atoms with E-state index in [1.807, 2.05) is 18.2 Å². The van der Waals surface area contributed by atoms with E-state index in [0.29, 0.717) is 5.57 Å². The van der Waals surface area contributed by atoms with Crippen LogP contribution in [-0.4, -0.2) is 72.6 Å². The number of hydrogen-bond donors (Lipinski definition) is 4. The van der Waals surface area contributed by atoms with E-state index in [4.69, 9.17) is 10.6 Å². The van der Waals surface area contributed by atoms with Crippen molar-refractivity contribution in [2.45, 2.75) is 43.5 Å². The molecule has 3 atom stereocenters. The molecule has 2 aliphatic rings. The summed E-state index contributed by atoms with van der Waals surface area (Å²) in [6.45, 7) is 2.77. The van der Waals surface area contributed by atoms with Crippen LogP contribution in [0.4, 0.5) is 5.13 Å². The number of carboxylic acid groups (broad SMARTS) is 2. The monoisotopic (exact) mass is 547 g/mol. The van der Waals surface area contributed by atoms with Crippen LogP contribution >= 0.6 is 23.1 Å². The van der Waals surface area contributed by atoms with Crippen LogP contribution in [0.25, 0.3) is 0 Å². The zero-order valence-corrected chi connectivity index (χ0v) is 21.2. The van der Waals surface area contributed by atoms with Crippen LogP contribution in [0.5, 0.6) is 0 Å². The van der Waals surface area contributed by atoms with Crippen molar-refractivity contribution in [1.82, 2.24) is 15.2 Å². The molecule has 1 unspecified atom stereocenters. The molecule has 1 fully saturated rings. The largest absolute Gasteiger partial charge is 0.479 e. The van der Waals surface area contributed by atoms with E-state index in [-0.39, 0.29) is 23.1 Å². The van der Waals surface area contributed by atoms with E-state index in [1.165, 1.54) is 35.9 Å². The smallest absolute Gasteiger partial charge is 0.350 e. The Morgan fingerprint density at radius 3 is 2.57 bits per heavy atom. The maximum atomic E-state index is 13.1. The molecule has 2 aromatic heterocycles. The number of nitrogens with two attached hydrogens (primary N) is 1. The van der Waals surface area contributed by atoms with Crippen molar-refractivity contribution in [3.05, 3.63) is 52.6 Å². The number of nitrogens with one attached hydrogen (secondary N) is 1. The highest BCUT2D eigenvalue weighted by Gasteiger charge is 2.56. The average Bonchev–Trinajstić information content (AvgIpc) is 3.28. The number of thioether (sulfide) groups is 1. The summed E-state index contributed by atoms with van der Waals surface area (Å²) in [5.41, 5.74) is 4.10. The number of aromatic nitrogens is 2. The number of thiazole rings is 1. The third-order valence-corrected chi connectivity index (χ3v) is 7.48. The molecule has 5 N–H and O–H groups in total. The zero-order chi connectivity index (χ0) is 26.9. The average molecular weight is 548 g/mol. The molecular weight excluding hydrogens is 524 g/mol. The summed E-state index contributed by atoms with van der Waals surface area (Å²) < 4.78 is 1.80. The fourth-order valence-corrected chi connectivity index (χ4v) is 5.36. The lowest BCUT2D eigenvalue weighted by atomic mass is 9.97. The van der Waals surface area contributed by atoms with Crippen molar-refractivity contribution in [1.29, 1.82) is 0 Å². The van der Waals surface area contributed by atoms with Gasteiger partial charge in [-0.15, -0.1) is 23.1 Å². The lowest BCUT2D eigenvalue weighted by molar-refractivity contribution is -0.689. The van der Waals surface area contributed by atoms with E-state index in [0.717, 1.165) is 11.3 Å². The molecule has 2 aliphatic heterocycles. The second-order valence-corrected chi connectivity index (χ2v) is 10.5. The fraction of sp³-hybridized carbons (Fsp3) is 0.318. The SMILES string of the molecule is CC(C)(O/N=C(\C(=O)N[C@H]1C(=O)N2C(C(=O)O)C(C[n+]3ccccc3)=CS[C@@H]12)c1csc(N)n1)C(=O)O. The Hall–Kier alpha value is -3.98. The Bertz CT molecular complexity index is 1310. The molecule has 2 aromatic rings. The minimum atomic E-state index is -1.75. The second-order valence-electron chi connectivity index (χ2n) is 8.62. The van der Waals surface area contributed by atoms with Gasteiger partial charge < -0.3 is 31.0 Å². The maximum Gasteiger partial charge on any atom is 0.350 e. The maximum absolute atomic E-state index is 13.1. The number of hydrogen-bond acceptors (Lipinski definition) is 10. The number of carbonyl (C=O) groups excluding carboxylic acids is 2. The Kier molecular flexibility index (Phi) is 7.18. The van der Waals surface area contributed by atoms with Crippen molar-refractivity contribution >= 4 is 57.7 Å². The highest BCUT2D eigenvalue weighted by atomic mass is 32.2. The Morgan fingerprint density at radius 1 is 1.27 bits per heavy atom. The van der Waals surface area contributed by atoms with Crippen molar-refractivity contribution in [3.63, 3.8) is 0 Å². The number of β-lactam (4-membered cyclic amide) rings is 1. The summed E-state index contributed by atoms with van der Waals surface area (Å²) in [6, 6.07) is 3.22. The summed E-state index contributed by atoms with van der Waals surface area (Å²) in [5, 5.41) is 28.0. The molecular formula is C22H23N6O7S2+. The number of carbonyl (C=O) groups is 4. The molecule has 194 valence electrons. The van der Waals surface area contributed by atoms with Gasteiger partial charge in [0.2, 0.25) is 11.5 Å². The van der Waals surface area contributed by atoms with Crippen LogP contribution in [-0.2, 0) is 30.6 Å². The molecule has 4 heterocycles. The van der Waals surface area contributed by atoms with Gasteiger partial charge >= 0.3 is 11.9 Å². The summed E-state index contributed by atoms with van der Waals surface area (Å²) in [6.07, 6.45) is 3.58. The molecule has 0 aromatic carbocycles. The molecule has 4 rings (SSSR count). The molecule has 1 saturated heterocycles. The standard InChI is InChI=1S/C22H22N6O7S2/c1-22(2,20(33)34)35-26-13(12-10-37-21(23)24-12)16(29)25-14-17(30)28-15(19(31)32)11(9-36-18(14)28)8-27-6-4-3-5-7-27/h3-7,9-10,14-15,18H,8H2,1-2H3,(H4-,23,24,25,29,31,32,33,34)/p+1/b26-13-/t14-,15?,18-/m0/s1. The van der Waals surface area contributed by atoms with Crippen molar-refractivity contribution < 1.29 is 38.8 Å². The van der Waals surface area contributed by atoms with E-state index in [2.05, 4.69) is 15.5 Å². The summed E-state index contributed by atoms with van der Waals surface area (Å²) in [4.78, 5) is 59.9. The number of pyridine rings is 1. The number of rotatable bonds is 9. The van der Waals surface area contributed by atoms with Gasteiger partial charge in [0.15, 0.2) is 35.8 Å². The van der Waals surface area contributed by atoms with Crippen molar-refractivity contribution in [3.8, 4) is 0 Å². The fourth-order valence-electron chi connectivity index (χ4n) is 3.60. The number of nitrogens with zero attached hydrogens (tertiary/aromatic N) is 4. The Labute approximate surface area is 218 Å². The van der Waals surface area contributed by atoms with Gasteiger partial charge in [-0.1, -0.05) is 11.2 Å². The first-order valence-corrected chi connectivity index (χ1v) is 12.7. The lowest BCUT2D eigenvalue weighted by Crippen LogP contribution is -2.74. The van der Waals surface area contributed by atoms with Crippen molar-refractivity contribution in [2.24, 2.45) is 5.16 Å². The third-order valence-electron chi connectivity index (χ3n) is 5.59. The molecule has 13 nitrogen and oxygen atoms in total. The quantitative estimate of drug-likeness (QED) is 0.144. The highest BCUT2D eigenvalue weighted by molar-refractivity contribution is 8.02. The van der Waals surface area contributed by atoms with Gasteiger partial charge in [0.25, 0.3) is 5.91 Å². The first-order valence-electron chi connectivity index (χ1n) is 10.8. The van der Waals surface area contributed by atoms with Crippen LogP contribution in [0.3, 0.4) is 0 Å². The Morgan fingerprint density at radius 2 is 1.97 bits per heavy atom. The van der Waals surface area contributed by atoms with Gasteiger partial charge in [-0.25, -0.2) is 19.1 Å².